The average Bonchev–Trinajstić information content (AvgIpc) is 3.38. The Morgan fingerprint density at radius 3 is 0.917 bits per heavy atom. The van der Waals surface area contributed by atoms with Crippen LogP contribution in [0.1, 0.15) is 258 Å². The standard InChI is InChI=1S/C66H108O6/c1-4-7-10-13-16-19-22-24-26-27-28-29-30-31-32-33-34-35-36-37-38-39-41-42-44-47-50-53-56-59-65(68)71-62-63(61-70-64(67)58-55-52-49-46-21-18-15-12-9-6-3)72-66(69)60-57-54-51-48-45-43-40-25-23-20-17-14-11-8-5-2/h7,10,12,15-17,19-20,24-26,28-29,31-32,34-35,37-38,40,63H,4-6,8-9,11,13-14,18,21-23,27,30,33,36,39,41-62H2,1-3H3/b10-7-,15-12-,19-16-,20-17-,26-24-,29-28-,32-31-,35-34-,38-37-,40-25-. The molecule has 0 heterocycles. The third-order valence-electron chi connectivity index (χ3n) is 12.2. The van der Waals surface area contributed by atoms with E-state index in [0.29, 0.717) is 19.3 Å². The lowest BCUT2D eigenvalue weighted by atomic mass is 10.1. The maximum atomic E-state index is 12.8. The van der Waals surface area contributed by atoms with Crippen LogP contribution in [-0.2, 0) is 28.6 Å². The Bertz CT molecular complexity index is 1520. The van der Waals surface area contributed by atoms with Crippen LogP contribution in [0.25, 0.3) is 0 Å². The molecule has 0 radical (unpaired) electrons. The number of hydrogen-bond donors (Lipinski definition) is 0. The molecule has 72 heavy (non-hydrogen) atoms. The summed E-state index contributed by atoms with van der Waals surface area (Å²) in [6.07, 6.45) is 82.0. The van der Waals surface area contributed by atoms with Crippen LogP contribution >= 0.6 is 0 Å². The molecule has 408 valence electrons. The fraction of sp³-hybridized carbons (Fsp3) is 0.652. The van der Waals surface area contributed by atoms with Crippen molar-refractivity contribution in [1.29, 1.82) is 0 Å². The van der Waals surface area contributed by atoms with Gasteiger partial charge in [-0.1, -0.05) is 232 Å². The second-order valence-electron chi connectivity index (χ2n) is 19.2. The summed E-state index contributed by atoms with van der Waals surface area (Å²) in [5.74, 6) is -0.932. The summed E-state index contributed by atoms with van der Waals surface area (Å²) < 4.78 is 16.8. The van der Waals surface area contributed by atoms with Crippen LogP contribution in [0.2, 0.25) is 0 Å². The summed E-state index contributed by atoms with van der Waals surface area (Å²) in [6, 6.07) is 0. The smallest absolute Gasteiger partial charge is 0.306 e. The van der Waals surface area contributed by atoms with Gasteiger partial charge in [-0.3, -0.25) is 14.4 Å². The molecule has 1 atom stereocenters. The number of allylic oxidation sites excluding steroid dienone is 20. The zero-order chi connectivity index (χ0) is 52.2. The lowest BCUT2D eigenvalue weighted by Gasteiger charge is -2.18. The quantitative estimate of drug-likeness (QED) is 0.0261. The molecule has 0 saturated heterocycles. The van der Waals surface area contributed by atoms with Crippen molar-refractivity contribution in [3.8, 4) is 0 Å². The minimum absolute atomic E-state index is 0.0939. The van der Waals surface area contributed by atoms with Crippen LogP contribution in [0.15, 0.2) is 122 Å². The highest BCUT2D eigenvalue weighted by Gasteiger charge is 2.19. The lowest BCUT2D eigenvalue weighted by Crippen LogP contribution is -2.30. The van der Waals surface area contributed by atoms with Gasteiger partial charge in [-0.15, -0.1) is 0 Å². The zero-order valence-electron chi connectivity index (χ0n) is 46.7. The maximum absolute atomic E-state index is 12.8. The molecule has 0 bridgehead atoms. The predicted molar refractivity (Wildman–Crippen MR) is 311 cm³/mol. The largest absolute Gasteiger partial charge is 0.462 e. The van der Waals surface area contributed by atoms with Gasteiger partial charge in [0.15, 0.2) is 6.10 Å². The van der Waals surface area contributed by atoms with E-state index in [9.17, 15) is 14.4 Å². The van der Waals surface area contributed by atoms with E-state index < -0.39 is 6.10 Å². The Morgan fingerprint density at radius 2 is 0.569 bits per heavy atom. The van der Waals surface area contributed by atoms with Gasteiger partial charge in [0.1, 0.15) is 13.2 Å². The SMILES string of the molecule is CC/C=C\C/C=C\C/C=C\C/C=C\C/C=C\C/C=C\C/C=C\CCCCCCCCCC(=O)OCC(COC(=O)CCCCCCC/C=C\CCC)OC(=O)CCCCCCC/C=C\C/C=C\CCCCC. The molecule has 0 aromatic rings. The molecule has 6 nitrogen and oxygen atoms in total. The predicted octanol–water partition coefficient (Wildman–Crippen LogP) is 20.0. The molecule has 1 unspecified atom stereocenters. The van der Waals surface area contributed by atoms with E-state index >= 15 is 0 Å². The highest BCUT2D eigenvalue weighted by Crippen LogP contribution is 2.14. The second kappa shape index (κ2) is 59.4. The fourth-order valence-corrected chi connectivity index (χ4v) is 7.75. The van der Waals surface area contributed by atoms with Gasteiger partial charge in [0.25, 0.3) is 0 Å². The van der Waals surface area contributed by atoms with Gasteiger partial charge >= 0.3 is 17.9 Å². The molecule has 0 fully saturated rings. The Hall–Kier alpha value is -4.19. The van der Waals surface area contributed by atoms with Crippen LogP contribution in [0, 0.1) is 0 Å². The minimum Gasteiger partial charge on any atom is -0.462 e. The van der Waals surface area contributed by atoms with Crippen molar-refractivity contribution >= 4 is 17.9 Å². The molecule has 0 saturated carbocycles. The molecule has 0 spiro atoms. The van der Waals surface area contributed by atoms with E-state index in [0.717, 1.165) is 154 Å². The first-order valence-electron chi connectivity index (χ1n) is 29.5. The van der Waals surface area contributed by atoms with Gasteiger partial charge in [0.05, 0.1) is 0 Å². The zero-order valence-corrected chi connectivity index (χ0v) is 46.7. The summed E-state index contributed by atoms with van der Waals surface area (Å²) in [6.45, 7) is 6.40. The van der Waals surface area contributed by atoms with E-state index in [-0.39, 0.29) is 31.1 Å². The normalized spacial score (nSPS) is 13.0. The second-order valence-corrected chi connectivity index (χ2v) is 19.2. The number of ether oxygens (including phenoxy) is 3. The number of unbranched alkanes of at least 4 members (excludes halogenated alkanes) is 21. The van der Waals surface area contributed by atoms with Gasteiger partial charge in [-0.2, -0.15) is 0 Å². The van der Waals surface area contributed by atoms with Crippen molar-refractivity contribution in [2.45, 2.75) is 264 Å². The summed E-state index contributed by atoms with van der Waals surface area (Å²) in [4.78, 5) is 38.1. The average molecular weight is 998 g/mol. The van der Waals surface area contributed by atoms with Gasteiger partial charge in [0.2, 0.25) is 0 Å². The summed E-state index contributed by atoms with van der Waals surface area (Å²) >= 11 is 0. The first-order chi connectivity index (χ1) is 35.5. The van der Waals surface area contributed by atoms with E-state index in [1.807, 2.05) is 0 Å². The molecule has 0 aliphatic heterocycles. The number of carbonyl (C=O) groups is 3. The first-order valence-corrected chi connectivity index (χ1v) is 29.5. The van der Waals surface area contributed by atoms with Crippen LogP contribution in [0.3, 0.4) is 0 Å². The molecule has 0 N–H and O–H groups in total. The fourth-order valence-electron chi connectivity index (χ4n) is 7.75. The highest BCUT2D eigenvalue weighted by molar-refractivity contribution is 5.71. The Labute approximate surface area is 443 Å². The number of rotatable bonds is 52. The monoisotopic (exact) mass is 997 g/mol. The van der Waals surface area contributed by atoms with Crippen molar-refractivity contribution in [3.63, 3.8) is 0 Å². The summed E-state index contributed by atoms with van der Waals surface area (Å²) in [7, 11) is 0. The van der Waals surface area contributed by atoms with E-state index in [2.05, 4.69) is 142 Å². The van der Waals surface area contributed by atoms with Crippen LogP contribution in [-0.4, -0.2) is 37.2 Å². The molecule has 6 heteroatoms. The van der Waals surface area contributed by atoms with Crippen molar-refractivity contribution in [2.24, 2.45) is 0 Å². The van der Waals surface area contributed by atoms with Gasteiger partial charge < -0.3 is 14.2 Å². The van der Waals surface area contributed by atoms with Crippen molar-refractivity contribution in [1.82, 2.24) is 0 Å². The van der Waals surface area contributed by atoms with Gasteiger partial charge in [-0.25, -0.2) is 0 Å². The Morgan fingerprint density at radius 1 is 0.292 bits per heavy atom. The highest BCUT2D eigenvalue weighted by atomic mass is 16.6. The molecule has 0 aromatic carbocycles. The molecule has 0 aliphatic carbocycles. The van der Waals surface area contributed by atoms with Crippen molar-refractivity contribution in [2.75, 3.05) is 13.2 Å². The summed E-state index contributed by atoms with van der Waals surface area (Å²) in [5.41, 5.74) is 0. The van der Waals surface area contributed by atoms with E-state index in [1.165, 1.54) is 64.2 Å². The van der Waals surface area contributed by atoms with Crippen LogP contribution < -0.4 is 0 Å². The molecule has 0 aliphatic rings. The number of carbonyl (C=O) groups excluding carboxylic acids is 3. The van der Waals surface area contributed by atoms with Gasteiger partial charge in [0, 0.05) is 19.3 Å². The minimum atomic E-state index is -0.796. The van der Waals surface area contributed by atoms with Crippen molar-refractivity contribution < 1.29 is 28.6 Å². The topological polar surface area (TPSA) is 78.9 Å². The van der Waals surface area contributed by atoms with E-state index in [4.69, 9.17) is 14.2 Å². The molecular weight excluding hydrogens is 889 g/mol. The van der Waals surface area contributed by atoms with Crippen molar-refractivity contribution in [3.05, 3.63) is 122 Å². The molecular formula is C66H108O6. The third-order valence-corrected chi connectivity index (χ3v) is 12.2. The van der Waals surface area contributed by atoms with E-state index in [1.54, 1.807) is 0 Å². The molecule has 0 aromatic heterocycles. The third kappa shape index (κ3) is 56.7. The van der Waals surface area contributed by atoms with Crippen LogP contribution in [0.5, 0.6) is 0 Å². The number of hydrogen-bond acceptors (Lipinski definition) is 6. The first kappa shape index (κ1) is 67.8. The lowest BCUT2D eigenvalue weighted by molar-refractivity contribution is -0.167. The summed E-state index contributed by atoms with van der Waals surface area (Å²) in [5, 5.41) is 0. The number of esters is 3. The Kier molecular flexibility index (Phi) is 55.9. The molecule has 0 amide bonds. The molecule has 0 rings (SSSR count). The maximum Gasteiger partial charge on any atom is 0.306 e. The Balaban J connectivity index is 4.29. The van der Waals surface area contributed by atoms with Gasteiger partial charge in [-0.05, 0) is 128 Å². The van der Waals surface area contributed by atoms with Crippen LogP contribution in [0.4, 0.5) is 0 Å².